The lowest BCUT2D eigenvalue weighted by Crippen LogP contribution is -2.43. The Labute approximate surface area is 160 Å². The van der Waals surface area contributed by atoms with E-state index in [9.17, 15) is 0 Å². The predicted molar refractivity (Wildman–Crippen MR) is 106 cm³/mol. The van der Waals surface area contributed by atoms with Crippen molar-refractivity contribution in [3.8, 4) is 0 Å². The fourth-order valence-electron chi connectivity index (χ4n) is 9.21. The van der Waals surface area contributed by atoms with Crippen LogP contribution in [0.3, 0.4) is 0 Å². The van der Waals surface area contributed by atoms with Crippen molar-refractivity contribution >= 4 is 11.6 Å². The van der Waals surface area contributed by atoms with Crippen molar-refractivity contribution in [2.75, 3.05) is 0 Å². The molecule has 5 aliphatic rings. The Morgan fingerprint density at radius 2 is 1.76 bits per heavy atom. The van der Waals surface area contributed by atoms with Gasteiger partial charge in [-0.05, 0) is 97.7 Å². The first-order valence-corrected chi connectivity index (χ1v) is 11.5. The zero-order valence-electron chi connectivity index (χ0n) is 17.0. The van der Waals surface area contributed by atoms with Gasteiger partial charge < -0.3 is 0 Å². The third-order valence-electron chi connectivity index (χ3n) is 10.6. The summed E-state index contributed by atoms with van der Waals surface area (Å²) in [7, 11) is 0. The van der Waals surface area contributed by atoms with Crippen LogP contribution in [0.1, 0.15) is 86.0 Å². The number of halogens is 1. The maximum atomic E-state index is 7.38. The van der Waals surface area contributed by atoms with Gasteiger partial charge in [-0.1, -0.05) is 51.8 Å². The van der Waals surface area contributed by atoms with E-state index < -0.39 is 0 Å². The van der Waals surface area contributed by atoms with E-state index in [1.54, 1.807) is 5.57 Å². The highest BCUT2D eigenvalue weighted by atomic mass is 35.5. The van der Waals surface area contributed by atoms with Crippen LogP contribution in [0.2, 0.25) is 0 Å². The van der Waals surface area contributed by atoms with Gasteiger partial charge in [0.25, 0.3) is 0 Å². The van der Waals surface area contributed by atoms with E-state index in [1.165, 1.54) is 56.4 Å². The molecule has 140 valence electrons. The molecule has 5 rings (SSSR count). The average Bonchev–Trinajstić information content (AvgIpc) is 3.20. The summed E-state index contributed by atoms with van der Waals surface area (Å²) in [5, 5.41) is 1.39. The summed E-state index contributed by atoms with van der Waals surface area (Å²) in [6.45, 7) is 12.7. The van der Waals surface area contributed by atoms with Gasteiger partial charge in [-0.25, -0.2) is 0 Å². The number of rotatable bonds is 1. The molecule has 25 heavy (non-hydrogen) atoms. The van der Waals surface area contributed by atoms with Crippen molar-refractivity contribution in [3.05, 3.63) is 10.6 Å². The summed E-state index contributed by atoms with van der Waals surface area (Å²) in [4.78, 5) is 0. The zero-order valence-corrected chi connectivity index (χ0v) is 17.8. The molecule has 0 bridgehead atoms. The van der Waals surface area contributed by atoms with E-state index in [1.807, 2.05) is 0 Å². The van der Waals surface area contributed by atoms with Gasteiger partial charge in [-0.15, -0.1) is 0 Å². The Bertz CT molecular complexity index is 632. The summed E-state index contributed by atoms with van der Waals surface area (Å²) in [5.74, 6) is 5.20. The van der Waals surface area contributed by atoms with Gasteiger partial charge in [-0.2, -0.15) is 0 Å². The topological polar surface area (TPSA) is 0 Å². The van der Waals surface area contributed by atoms with Crippen LogP contribution in [-0.4, -0.2) is 0 Å². The van der Waals surface area contributed by atoms with E-state index in [2.05, 4.69) is 34.6 Å². The largest absolute Gasteiger partial charge is 0.0885 e. The molecule has 0 nitrogen and oxygen atoms in total. The minimum atomic E-state index is 0.371. The molecular formula is C24H37Cl. The average molecular weight is 361 g/mol. The van der Waals surface area contributed by atoms with Crippen molar-refractivity contribution in [3.63, 3.8) is 0 Å². The Balaban J connectivity index is 1.60. The fraction of sp³-hybridized carbons (Fsp3) is 0.917. The molecule has 1 spiro atoms. The number of fused-ring (bicyclic) bond motifs is 3. The molecule has 0 heterocycles. The standard InChI is InChI=1S/C24H37Cl/c1-14(2)16-7-9-22(4)13-20-17(12-19(16)22)21(25)24-11-6-15(3)18(24)8-10-23(20,24)5/h14-16,18-20H,6-13H2,1-5H3/t15-,16+,18+,19+,20-,22-,23+,24-/m1/s1. The first-order chi connectivity index (χ1) is 11.7. The molecule has 0 aromatic carbocycles. The van der Waals surface area contributed by atoms with Crippen LogP contribution in [0.25, 0.3) is 0 Å². The van der Waals surface area contributed by atoms with Crippen molar-refractivity contribution < 1.29 is 0 Å². The van der Waals surface area contributed by atoms with Crippen LogP contribution in [0.4, 0.5) is 0 Å². The Hall–Kier alpha value is 0.0300. The first kappa shape index (κ1) is 17.2. The third kappa shape index (κ3) is 1.82. The Morgan fingerprint density at radius 3 is 2.48 bits per heavy atom. The lowest BCUT2D eigenvalue weighted by Gasteiger charge is -2.49. The van der Waals surface area contributed by atoms with Crippen LogP contribution in [-0.2, 0) is 0 Å². The molecule has 5 aliphatic carbocycles. The second-order valence-electron chi connectivity index (χ2n) is 11.6. The van der Waals surface area contributed by atoms with Crippen LogP contribution in [0, 0.1) is 51.8 Å². The molecule has 4 fully saturated rings. The second-order valence-corrected chi connectivity index (χ2v) is 11.9. The normalized spacial score (nSPS) is 57.0. The number of hydrogen-bond acceptors (Lipinski definition) is 0. The quantitative estimate of drug-likeness (QED) is 0.456. The summed E-state index contributed by atoms with van der Waals surface area (Å²) in [5.41, 5.74) is 3.17. The Kier molecular flexibility index (Phi) is 3.49. The van der Waals surface area contributed by atoms with Crippen LogP contribution < -0.4 is 0 Å². The lowest BCUT2D eigenvalue weighted by atomic mass is 9.54. The monoisotopic (exact) mass is 360 g/mol. The van der Waals surface area contributed by atoms with E-state index in [4.69, 9.17) is 11.6 Å². The summed E-state index contributed by atoms with van der Waals surface area (Å²) in [6.07, 6.45) is 11.3. The summed E-state index contributed by atoms with van der Waals surface area (Å²) in [6, 6.07) is 0. The highest BCUT2D eigenvalue weighted by Crippen LogP contribution is 2.79. The van der Waals surface area contributed by atoms with Crippen molar-refractivity contribution in [2.24, 2.45) is 51.8 Å². The van der Waals surface area contributed by atoms with Gasteiger partial charge in [0.1, 0.15) is 0 Å². The van der Waals surface area contributed by atoms with Crippen molar-refractivity contribution in [2.45, 2.75) is 86.0 Å². The molecule has 0 aliphatic heterocycles. The summed E-state index contributed by atoms with van der Waals surface area (Å²) >= 11 is 7.38. The second kappa shape index (κ2) is 5.09. The zero-order chi connectivity index (χ0) is 17.8. The SMILES string of the molecule is CC(C)[C@@H]1CC[C@]2(C)C[C@@H]3C(=C(Cl)[C@@]45CC[C@@H](C)[C@@H]4CC[C@@]35C)C[C@@H]12. The minimum Gasteiger partial charge on any atom is -0.0885 e. The molecule has 8 atom stereocenters. The molecular weight excluding hydrogens is 324 g/mol. The maximum absolute atomic E-state index is 7.38. The van der Waals surface area contributed by atoms with Crippen LogP contribution in [0.5, 0.6) is 0 Å². The predicted octanol–water partition coefficient (Wildman–Crippen LogP) is 7.42. The van der Waals surface area contributed by atoms with Crippen LogP contribution in [0.15, 0.2) is 10.6 Å². The van der Waals surface area contributed by atoms with Gasteiger partial charge in [-0.3, -0.25) is 0 Å². The smallest absolute Gasteiger partial charge is 0.0246 e. The molecule has 0 saturated heterocycles. The molecule has 0 aromatic rings. The van der Waals surface area contributed by atoms with Gasteiger partial charge in [0.05, 0.1) is 0 Å². The van der Waals surface area contributed by atoms with Crippen LogP contribution >= 0.6 is 11.6 Å². The van der Waals surface area contributed by atoms with Gasteiger partial charge in [0.15, 0.2) is 0 Å². The molecule has 0 amide bonds. The molecule has 0 aromatic heterocycles. The highest BCUT2D eigenvalue weighted by Gasteiger charge is 2.71. The fourth-order valence-corrected chi connectivity index (χ4v) is 9.87. The van der Waals surface area contributed by atoms with Gasteiger partial charge in [0, 0.05) is 10.4 Å². The van der Waals surface area contributed by atoms with E-state index in [-0.39, 0.29) is 0 Å². The minimum absolute atomic E-state index is 0.371. The lowest BCUT2D eigenvalue weighted by molar-refractivity contribution is 0.0219. The first-order valence-electron chi connectivity index (χ1n) is 11.1. The van der Waals surface area contributed by atoms with Gasteiger partial charge >= 0.3 is 0 Å². The summed E-state index contributed by atoms with van der Waals surface area (Å²) < 4.78 is 0. The van der Waals surface area contributed by atoms with Gasteiger partial charge in [0.2, 0.25) is 0 Å². The third-order valence-corrected chi connectivity index (χ3v) is 11.2. The number of allylic oxidation sites excluding steroid dienone is 2. The van der Waals surface area contributed by atoms with E-state index in [0.29, 0.717) is 16.2 Å². The van der Waals surface area contributed by atoms with Crippen molar-refractivity contribution in [1.29, 1.82) is 0 Å². The van der Waals surface area contributed by atoms with Crippen molar-refractivity contribution in [1.82, 2.24) is 0 Å². The highest BCUT2D eigenvalue weighted by molar-refractivity contribution is 6.31. The number of hydrogen-bond donors (Lipinski definition) is 0. The molecule has 4 saturated carbocycles. The Morgan fingerprint density at radius 1 is 1.00 bits per heavy atom. The maximum Gasteiger partial charge on any atom is 0.0246 e. The van der Waals surface area contributed by atoms with E-state index >= 15 is 0 Å². The molecule has 1 heteroatoms. The molecule has 0 radical (unpaired) electrons. The molecule has 0 unspecified atom stereocenters. The molecule has 0 N–H and O–H groups in total. The van der Waals surface area contributed by atoms with E-state index in [0.717, 1.165) is 35.5 Å².